The first-order chi connectivity index (χ1) is 22.8. The molecular formula is C43H27N3. The van der Waals surface area contributed by atoms with Gasteiger partial charge in [0, 0.05) is 38.2 Å². The second-order valence-electron chi connectivity index (χ2n) is 11.6. The molecular weight excluding hydrogens is 558 g/mol. The Morgan fingerprint density at radius 2 is 0.783 bits per heavy atom. The van der Waals surface area contributed by atoms with E-state index in [0.29, 0.717) is 5.56 Å². The van der Waals surface area contributed by atoms with Crippen molar-refractivity contribution in [1.82, 2.24) is 9.13 Å². The molecule has 0 saturated heterocycles. The van der Waals surface area contributed by atoms with E-state index in [1.165, 1.54) is 32.6 Å². The largest absolute Gasteiger partial charge is 0.309 e. The van der Waals surface area contributed by atoms with Crippen LogP contribution in [-0.2, 0) is 0 Å². The van der Waals surface area contributed by atoms with Crippen molar-refractivity contribution >= 4 is 43.6 Å². The molecule has 2 aromatic heterocycles. The molecule has 0 atom stereocenters. The molecule has 0 N–H and O–H groups in total. The predicted octanol–water partition coefficient (Wildman–Crippen LogP) is 11.1. The third-order valence-electron chi connectivity index (χ3n) is 9.19. The fourth-order valence-electron chi connectivity index (χ4n) is 7.21. The Kier molecular flexibility index (Phi) is 5.88. The summed E-state index contributed by atoms with van der Waals surface area (Å²) in [5.74, 6) is 0. The number of hydrogen-bond acceptors (Lipinski definition) is 1. The van der Waals surface area contributed by atoms with E-state index < -0.39 is 0 Å². The molecule has 0 unspecified atom stereocenters. The van der Waals surface area contributed by atoms with Crippen molar-refractivity contribution < 1.29 is 0 Å². The van der Waals surface area contributed by atoms with Crippen molar-refractivity contribution in [2.75, 3.05) is 0 Å². The van der Waals surface area contributed by atoms with Gasteiger partial charge in [-0.3, -0.25) is 0 Å². The van der Waals surface area contributed by atoms with Gasteiger partial charge in [0.05, 0.1) is 45.1 Å². The first-order valence-corrected chi connectivity index (χ1v) is 15.5. The maximum atomic E-state index is 10.2. The molecule has 0 saturated carbocycles. The molecule has 9 aromatic rings. The minimum atomic E-state index is 0.650. The Morgan fingerprint density at radius 1 is 0.370 bits per heavy atom. The van der Waals surface area contributed by atoms with Crippen molar-refractivity contribution in [3.8, 4) is 39.7 Å². The minimum absolute atomic E-state index is 0.650. The summed E-state index contributed by atoms with van der Waals surface area (Å²) in [4.78, 5) is 0. The summed E-state index contributed by atoms with van der Waals surface area (Å²) in [6, 6.07) is 60.1. The van der Waals surface area contributed by atoms with Crippen molar-refractivity contribution in [3.63, 3.8) is 0 Å². The molecule has 0 aliphatic rings. The number of nitriles is 1. The third-order valence-corrected chi connectivity index (χ3v) is 9.19. The molecule has 0 amide bonds. The maximum absolute atomic E-state index is 10.2. The van der Waals surface area contributed by atoms with Crippen molar-refractivity contribution in [3.05, 3.63) is 169 Å². The van der Waals surface area contributed by atoms with Gasteiger partial charge in [-0.05, 0) is 54.1 Å². The van der Waals surface area contributed by atoms with E-state index in [1.54, 1.807) is 0 Å². The lowest BCUT2D eigenvalue weighted by Crippen LogP contribution is -2.00. The molecule has 3 heteroatoms. The van der Waals surface area contributed by atoms with E-state index in [4.69, 9.17) is 0 Å². The highest BCUT2D eigenvalue weighted by molar-refractivity contribution is 6.11. The van der Waals surface area contributed by atoms with Gasteiger partial charge in [-0.15, -0.1) is 0 Å². The molecule has 0 aliphatic heterocycles. The SMILES string of the molecule is N#Cc1ccccc1-c1cc(-c2ccccc2-n2c3ccccc3c3ccccc32)ccc1-n1c2ccccc2c2ccccc21. The number of fused-ring (bicyclic) bond motifs is 6. The summed E-state index contributed by atoms with van der Waals surface area (Å²) >= 11 is 0. The van der Waals surface area contributed by atoms with Crippen molar-refractivity contribution in [1.29, 1.82) is 5.26 Å². The van der Waals surface area contributed by atoms with Crippen LogP contribution in [0.3, 0.4) is 0 Å². The second kappa shape index (κ2) is 10.4. The smallest absolute Gasteiger partial charge is 0.0998 e. The minimum Gasteiger partial charge on any atom is -0.309 e. The summed E-state index contributed by atoms with van der Waals surface area (Å²) in [5.41, 5.74) is 11.6. The third kappa shape index (κ3) is 3.84. The number of para-hydroxylation sites is 5. The van der Waals surface area contributed by atoms with Crippen LogP contribution in [0.15, 0.2) is 164 Å². The first kappa shape index (κ1) is 26.1. The Labute approximate surface area is 266 Å². The van der Waals surface area contributed by atoms with E-state index in [2.05, 4.69) is 161 Å². The topological polar surface area (TPSA) is 33.6 Å². The fraction of sp³-hybridized carbons (Fsp3) is 0. The van der Waals surface area contributed by atoms with E-state index >= 15 is 0 Å². The Morgan fingerprint density at radius 3 is 1.30 bits per heavy atom. The van der Waals surface area contributed by atoms with E-state index in [-0.39, 0.29) is 0 Å². The highest BCUT2D eigenvalue weighted by Gasteiger charge is 2.20. The average Bonchev–Trinajstić information content (AvgIpc) is 3.64. The lowest BCUT2D eigenvalue weighted by Gasteiger charge is -2.19. The van der Waals surface area contributed by atoms with E-state index in [0.717, 1.165) is 44.7 Å². The summed E-state index contributed by atoms with van der Waals surface area (Å²) in [7, 11) is 0. The number of rotatable bonds is 4. The summed E-state index contributed by atoms with van der Waals surface area (Å²) in [6.45, 7) is 0. The lowest BCUT2D eigenvalue weighted by molar-refractivity contribution is 1.17. The average molecular weight is 586 g/mol. The standard InChI is InChI=1S/C43H27N3/c44-28-30-13-1-2-14-31(30)37-27-29(25-26-43(37)46-41-23-11-6-18-35(41)36-19-7-12-24-42(36)46)32-15-3-8-20-38(32)45-39-21-9-4-16-33(39)34-17-5-10-22-40(34)45/h1-27H. The number of benzene rings is 7. The van der Waals surface area contributed by atoms with Gasteiger partial charge in [0.2, 0.25) is 0 Å². The zero-order chi connectivity index (χ0) is 30.6. The van der Waals surface area contributed by atoms with Gasteiger partial charge in [0.15, 0.2) is 0 Å². The normalized spacial score (nSPS) is 11.5. The zero-order valence-electron chi connectivity index (χ0n) is 24.9. The van der Waals surface area contributed by atoms with Crippen LogP contribution in [0.5, 0.6) is 0 Å². The van der Waals surface area contributed by atoms with Crippen LogP contribution in [0.4, 0.5) is 0 Å². The van der Waals surface area contributed by atoms with Crippen LogP contribution in [0.25, 0.3) is 77.2 Å². The Hall–Kier alpha value is -6.37. The van der Waals surface area contributed by atoms with Crippen LogP contribution >= 0.6 is 0 Å². The summed E-state index contributed by atoms with van der Waals surface area (Å²) in [6.07, 6.45) is 0. The van der Waals surface area contributed by atoms with Gasteiger partial charge in [-0.1, -0.05) is 115 Å². The van der Waals surface area contributed by atoms with Crippen LogP contribution < -0.4 is 0 Å². The number of aromatic nitrogens is 2. The quantitative estimate of drug-likeness (QED) is 0.202. The first-order valence-electron chi connectivity index (χ1n) is 15.5. The van der Waals surface area contributed by atoms with Gasteiger partial charge in [0.25, 0.3) is 0 Å². The summed E-state index contributed by atoms with van der Waals surface area (Å²) < 4.78 is 4.72. The molecule has 214 valence electrons. The molecule has 0 aliphatic carbocycles. The van der Waals surface area contributed by atoms with Gasteiger partial charge in [-0.25, -0.2) is 0 Å². The zero-order valence-corrected chi connectivity index (χ0v) is 24.9. The van der Waals surface area contributed by atoms with Gasteiger partial charge in [0.1, 0.15) is 0 Å². The Balaban J connectivity index is 1.35. The monoisotopic (exact) mass is 585 g/mol. The molecule has 0 spiro atoms. The predicted molar refractivity (Wildman–Crippen MR) is 191 cm³/mol. The molecule has 46 heavy (non-hydrogen) atoms. The van der Waals surface area contributed by atoms with Crippen molar-refractivity contribution in [2.24, 2.45) is 0 Å². The van der Waals surface area contributed by atoms with Crippen LogP contribution in [0.1, 0.15) is 5.56 Å². The molecule has 2 heterocycles. The molecule has 9 rings (SSSR count). The fourth-order valence-corrected chi connectivity index (χ4v) is 7.21. The second-order valence-corrected chi connectivity index (χ2v) is 11.6. The lowest BCUT2D eigenvalue weighted by atomic mass is 9.93. The molecule has 3 nitrogen and oxygen atoms in total. The van der Waals surface area contributed by atoms with Crippen molar-refractivity contribution in [2.45, 2.75) is 0 Å². The molecule has 7 aromatic carbocycles. The maximum Gasteiger partial charge on any atom is 0.0998 e. The Bertz CT molecular complexity index is 2560. The summed E-state index contributed by atoms with van der Waals surface area (Å²) in [5, 5.41) is 15.1. The van der Waals surface area contributed by atoms with Gasteiger partial charge >= 0.3 is 0 Å². The molecule has 0 bridgehead atoms. The number of hydrogen-bond donors (Lipinski definition) is 0. The highest BCUT2D eigenvalue weighted by Crippen LogP contribution is 2.41. The molecule has 0 radical (unpaired) electrons. The van der Waals surface area contributed by atoms with Crippen LogP contribution in [-0.4, -0.2) is 9.13 Å². The van der Waals surface area contributed by atoms with Gasteiger partial charge in [-0.2, -0.15) is 5.26 Å². The number of nitrogens with zero attached hydrogens (tertiary/aromatic N) is 3. The van der Waals surface area contributed by atoms with Crippen LogP contribution in [0.2, 0.25) is 0 Å². The molecule has 0 fully saturated rings. The highest BCUT2D eigenvalue weighted by atomic mass is 15.0. The van der Waals surface area contributed by atoms with E-state index in [1.807, 2.05) is 18.2 Å². The van der Waals surface area contributed by atoms with Gasteiger partial charge < -0.3 is 9.13 Å². The van der Waals surface area contributed by atoms with E-state index in [9.17, 15) is 5.26 Å². The van der Waals surface area contributed by atoms with Crippen LogP contribution in [0, 0.1) is 11.3 Å².